The van der Waals surface area contributed by atoms with Gasteiger partial charge in [0.25, 0.3) is 0 Å². The van der Waals surface area contributed by atoms with Crippen molar-refractivity contribution in [3.8, 4) is 0 Å². The molecule has 3 fully saturated rings. The maximum absolute atomic E-state index is 6.28. The third-order valence-electron chi connectivity index (χ3n) is 4.72. The van der Waals surface area contributed by atoms with Crippen molar-refractivity contribution in [2.75, 3.05) is 5.75 Å². The van der Waals surface area contributed by atoms with E-state index < -0.39 is 5.79 Å². The molecule has 3 aliphatic rings. The lowest BCUT2D eigenvalue weighted by atomic mass is 9.92. The van der Waals surface area contributed by atoms with Gasteiger partial charge in [0.1, 0.15) is 17.8 Å². The molecule has 5 heteroatoms. The highest BCUT2D eigenvalue weighted by Gasteiger charge is 2.67. The molecule has 3 heterocycles. The quantitative estimate of drug-likeness (QED) is 0.855. The molecule has 1 aromatic rings. The van der Waals surface area contributed by atoms with E-state index >= 15 is 0 Å². The van der Waals surface area contributed by atoms with Gasteiger partial charge in [-0.3, -0.25) is 0 Å². The SMILES string of the molecule is C[C@@H]1SC[C@@]12O[C@@H]1OC(C)(C)O[C@@H]1[C@H]2OCc1ccccc1. The summed E-state index contributed by atoms with van der Waals surface area (Å²) in [6, 6.07) is 10.2. The minimum atomic E-state index is -0.606. The summed E-state index contributed by atoms with van der Waals surface area (Å²) < 4.78 is 24.5. The van der Waals surface area contributed by atoms with E-state index in [9.17, 15) is 0 Å². The Hall–Kier alpha value is -0.590. The zero-order chi connectivity index (χ0) is 15.4. The third kappa shape index (κ3) is 2.31. The number of hydrogen-bond donors (Lipinski definition) is 0. The van der Waals surface area contributed by atoms with Crippen molar-refractivity contribution in [2.24, 2.45) is 0 Å². The molecule has 1 spiro atoms. The van der Waals surface area contributed by atoms with Crippen LogP contribution in [0.2, 0.25) is 0 Å². The van der Waals surface area contributed by atoms with Gasteiger partial charge in [-0.25, -0.2) is 0 Å². The first-order valence-electron chi connectivity index (χ1n) is 7.81. The van der Waals surface area contributed by atoms with Gasteiger partial charge in [0.15, 0.2) is 12.1 Å². The van der Waals surface area contributed by atoms with E-state index in [1.807, 2.05) is 43.8 Å². The minimum absolute atomic E-state index is 0.0873. The Bertz CT molecular complexity index is 549. The van der Waals surface area contributed by atoms with Crippen molar-refractivity contribution in [3.05, 3.63) is 35.9 Å². The Labute approximate surface area is 135 Å². The fraction of sp³-hybridized carbons (Fsp3) is 0.647. The van der Waals surface area contributed by atoms with Gasteiger partial charge in [0.2, 0.25) is 0 Å². The van der Waals surface area contributed by atoms with Gasteiger partial charge < -0.3 is 18.9 Å². The van der Waals surface area contributed by atoms with E-state index in [1.165, 1.54) is 5.56 Å². The second-order valence-corrected chi connectivity index (χ2v) is 8.04. The standard InChI is InChI=1S/C17H22O4S/c1-11-17(10-22-11)14(18-9-12-7-5-4-6-8-12)13-15(21-17)20-16(2,3)19-13/h4-8,11,13-15H,9-10H2,1-3H3/t11-,13+,14+,15-,17+/m0/s1. The van der Waals surface area contributed by atoms with Crippen molar-refractivity contribution < 1.29 is 18.9 Å². The van der Waals surface area contributed by atoms with Crippen molar-refractivity contribution >= 4 is 11.8 Å². The number of fused-ring (bicyclic) bond motifs is 1. The fourth-order valence-electron chi connectivity index (χ4n) is 3.47. The molecule has 3 saturated heterocycles. The Kier molecular flexibility index (Phi) is 3.55. The molecule has 3 aliphatic heterocycles. The van der Waals surface area contributed by atoms with Crippen LogP contribution in [0, 0.1) is 0 Å². The van der Waals surface area contributed by atoms with Gasteiger partial charge in [-0.05, 0) is 19.4 Å². The first-order valence-corrected chi connectivity index (χ1v) is 8.86. The van der Waals surface area contributed by atoms with Crippen LogP contribution in [0.3, 0.4) is 0 Å². The molecule has 0 aliphatic carbocycles. The molecule has 0 saturated carbocycles. The molecule has 0 aromatic heterocycles. The van der Waals surface area contributed by atoms with Crippen LogP contribution in [0.1, 0.15) is 26.3 Å². The van der Waals surface area contributed by atoms with Crippen molar-refractivity contribution in [1.82, 2.24) is 0 Å². The van der Waals surface area contributed by atoms with Crippen LogP contribution in [0.4, 0.5) is 0 Å². The highest BCUT2D eigenvalue weighted by Crippen LogP contribution is 2.54. The van der Waals surface area contributed by atoms with E-state index in [-0.39, 0.29) is 24.1 Å². The number of ether oxygens (including phenoxy) is 4. The maximum Gasteiger partial charge on any atom is 0.190 e. The molecule has 4 rings (SSSR count). The van der Waals surface area contributed by atoms with Crippen LogP contribution in [-0.4, -0.2) is 40.9 Å². The van der Waals surface area contributed by atoms with Crippen molar-refractivity contribution in [1.29, 1.82) is 0 Å². The molecule has 0 bridgehead atoms. The van der Waals surface area contributed by atoms with Gasteiger partial charge in [0.05, 0.1) is 6.61 Å². The van der Waals surface area contributed by atoms with Crippen LogP contribution < -0.4 is 0 Å². The molecule has 22 heavy (non-hydrogen) atoms. The molecule has 0 radical (unpaired) electrons. The van der Waals surface area contributed by atoms with E-state index in [1.54, 1.807) is 0 Å². The molecule has 0 unspecified atom stereocenters. The van der Waals surface area contributed by atoms with Crippen LogP contribution in [0.5, 0.6) is 0 Å². The van der Waals surface area contributed by atoms with Crippen molar-refractivity contribution in [3.63, 3.8) is 0 Å². The fourth-order valence-corrected chi connectivity index (χ4v) is 4.72. The lowest BCUT2D eigenvalue weighted by Crippen LogP contribution is -2.60. The summed E-state index contributed by atoms with van der Waals surface area (Å²) in [5.41, 5.74) is 0.893. The normalized spacial score (nSPS) is 42.3. The summed E-state index contributed by atoms with van der Waals surface area (Å²) in [5, 5.41) is 0.397. The predicted octanol–water partition coefficient (Wildman–Crippen LogP) is 2.95. The largest absolute Gasteiger partial charge is 0.368 e. The lowest BCUT2D eigenvalue weighted by molar-refractivity contribution is -0.242. The Morgan fingerprint density at radius 3 is 2.59 bits per heavy atom. The first-order chi connectivity index (χ1) is 10.5. The molecular formula is C17H22O4S. The Balaban J connectivity index is 1.53. The number of rotatable bonds is 3. The molecule has 1 aromatic carbocycles. The molecule has 120 valence electrons. The summed E-state index contributed by atoms with van der Waals surface area (Å²) in [7, 11) is 0. The maximum atomic E-state index is 6.28. The zero-order valence-corrected chi connectivity index (χ0v) is 14.0. The highest BCUT2D eigenvalue weighted by molar-refractivity contribution is 8.01. The van der Waals surface area contributed by atoms with E-state index in [0.717, 1.165) is 5.75 Å². The van der Waals surface area contributed by atoms with Crippen LogP contribution in [0.15, 0.2) is 30.3 Å². The lowest BCUT2D eigenvalue weighted by Gasteiger charge is -2.47. The third-order valence-corrected chi connectivity index (χ3v) is 6.24. The number of hydrogen-bond acceptors (Lipinski definition) is 5. The zero-order valence-electron chi connectivity index (χ0n) is 13.2. The topological polar surface area (TPSA) is 36.9 Å². The molecule has 0 N–H and O–H groups in total. The van der Waals surface area contributed by atoms with E-state index in [2.05, 4.69) is 19.1 Å². The van der Waals surface area contributed by atoms with Crippen molar-refractivity contribution in [2.45, 2.75) is 62.5 Å². The van der Waals surface area contributed by atoms with Gasteiger partial charge in [-0.1, -0.05) is 37.3 Å². The molecule has 5 atom stereocenters. The van der Waals surface area contributed by atoms with Gasteiger partial charge in [0, 0.05) is 11.0 Å². The average Bonchev–Trinajstić information content (AvgIpc) is 2.95. The minimum Gasteiger partial charge on any atom is -0.368 e. The summed E-state index contributed by atoms with van der Waals surface area (Å²) in [6.07, 6.45) is -0.558. The smallest absolute Gasteiger partial charge is 0.190 e. The highest BCUT2D eigenvalue weighted by atomic mass is 32.2. The summed E-state index contributed by atoms with van der Waals surface area (Å²) in [6.45, 7) is 6.61. The van der Waals surface area contributed by atoms with Gasteiger partial charge in [-0.15, -0.1) is 0 Å². The number of thioether (sulfide) groups is 1. The van der Waals surface area contributed by atoms with Crippen LogP contribution in [-0.2, 0) is 25.6 Å². The first kappa shape index (κ1) is 15.0. The molecular weight excluding hydrogens is 300 g/mol. The second kappa shape index (κ2) is 5.21. The summed E-state index contributed by atoms with van der Waals surface area (Å²) in [5.74, 6) is 0.333. The van der Waals surface area contributed by atoms with E-state index in [4.69, 9.17) is 18.9 Å². The van der Waals surface area contributed by atoms with Crippen LogP contribution >= 0.6 is 11.8 Å². The molecule has 4 nitrogen and oxygen atoms in total. The monoisotopic (exact) mass is 322 g/mol. The predicted molar refractivity (Wildman–Crippen MR) is 84.6 cm³/mol. The van der Waals surface area contributed by atoms with Gasteiger partial charge >= 0.3 is 0 Å². The van der Waals surface area contributed by atoms with Crippen LogP contribution in [0.25, 0.3) is 0 Å². The Morgan fingerprint density at radius 1 is 1.18 bits per heavy atom. The average molecular weight is 322 g/mol. The number of benzene rings is 1. The van der Waals surface area contributed by atoms with Gasteiger partial charge in [-0.2, -0.15) is 11.8 Å². The summed E-state index contributed by atoms with van der Waals surface area (Å²) in [4.78, 5) is 0. The molecule has 0 amide bonds. The Morgan fingerprint density at radius 2 is 1.95 bits per heavy atom. The second-order valence-electron chi connectivity index (χ2n) is 6.71. The van der Waals surface area contributed by atoms with E-state index in [0.29, 0.717) is 11.9 Å². The summed E-state index contributed by atoms with van der Waals surface area (Å²) >= 11 is 1.90.